The average molecular weight is 258 g/mol. The van der Waals surface area contributed by atoms with Gasteiger partial charge in [0.1, 0.15) is 6.04 Å². The molecule has 0 saturated heterocycles. The minimum absolute atomic E-state index is 0.395. The molecule has 0 spiro atoms. The molecule has 4 heteroatoms. The van der Waals surface area contributed by atoms with E-state index in [1.54, 1.807) is 0 Å². The first-order valence-corrected chi connectivity index (χ1v) is 7.23. The van der Waals surface area contributed by atoms with E-state index < -0.39 is 12.0 Å². The van der Waals surface area contributed by atoms with E-state index in [-0.39, 0.29) is 0 Å². The number of hydrogen-bond acceptors (Lipinski definition) is 3. The molecule has 0 rings (SSSR count). The number of nitrogens with one attached hydrogen (secondary N) is 1. The van der Waals surface area contributed by atoms with Gasteiger partial charge in [0.25, 0.3) is 0 Å². The number of hydrogen-bond donors (Lipinski definition) is 2. The van der Waals surface area contributed by atoms with Crippen molar-refractivity contribution in [2.45, 2.75) is 65.5 Å². The molecule has 0 aliphatic heterocycles. The van der Waals surface area contributed by atoms with Crippen LogP contribution in [0.1, 0.15) is 53.4 Å². The van der Waals surface area contributed by atoms with E-state index in [2.05, 4.69) is 31.0 Å². The predicted octanol–water partition coefficient (Wildman–Crippen LogP) is 2.34. The van der Waals surface area contributed by atoms with Gasteiger partial charge in [0.2, 0.25) is 0 Å². The Morgan fingerprint density at radius 1 is 1.22 bits per heavy atom. The minimum Gasteiger partial charge on any atom is -0.480 e. The molecular formula is C14H30N2O2. The molecule has 108 valence electrons. The number of rotatable bonds is 11. The van der Waals surface area contributed by atoms with Crippen molar-refractivity contribution in [3.05, 3.63) is 0 Å². The summed E-state index contributed by atoms with van der Waals surface area (Å²) in [5, 5.41) is 12.3. The summed E-state index contributed by atoms with van der Waals surface area (Å²) in [7, 11) is 0. The molecule has 0 saturated carbocycles. The summed E-state index contributed by atoms with van der Waals surface area (Å²) in [6.07, 6.45) is 4.52. The maximum Gasteiger partial charge on any atom is 0.322 e. The smallest absolute Gasteiger partial charge is 0.322 e. The molecule has 4 nitrogen and oxygen atoms in total. The molecule has 0 amide bonds. The van der Waals surface area contributed by atoms with Gasteiger partial charge in [-0.15, -0.1) is 0 Å². The molecule has 0 aliphatic rings. The van der Waals surface area contributed by atoms with Crippen LogP contribution in [0.25, 0.3) is 0 Å². The van der Waals surface area contributed by atoms with Crippen LogP contribution in [0, 0.1) is 0 Å². The molecule has 0 aliphatic carbocycles. The molecule has 0 bridgehead atoms. The van der Waals surface area contributed by atoms with Crippen molar-refractivity contribution in [3.63, 3.8) is 0 Å². The summed E-state index contributed by atoms with van der Waals surface area (Å²) in [6.45, 7) is 10.8. The summed E-state index contributed by atoms with van der Waals surface area (Å²) in [5.74, 6) is -0.746. The summed E-state index contributed by atoms with van der Waals surface area (Å²) < 4.78 is 0. The Morgan fingerprint density at radius 3 is 2.33 bits per heavy atom. The second-order valence-electron chi connectivity index (χ2n) is 5.14. The Labute approximate surface area is 112 Å². The van der Waals surface area contributed by atoms with Gasteiger partial charge in [0, 0.05) is 12.6 Å². The fourth-order valence-corrected chi connectivity index (χ4v) is 1.91. The van der Waals surface area contributed by atoms with Crippen LogP contribution in [-0.4, -0.2) is 47.7 Å². The quantitative estimate of drug-likeness (QED) is 0.559. The Bertz CT molecular complexity index is 220. The third kappa shape index (κ3) is 7.67. The van der Waals surface area contributed by atoms with E-state index in [0.717, 1.165) is 25.9 Å². The third-order valence-corrected chi connectivity index (χ3v) is 3.14. The van der Waals surface area contributed by atoms with Crippen LogP contribution in [0.2, 0.25) is 0 Å². The van der Waals surface area contributed by atoms with Crippen molar-refractivity contribution in [2.24, 2.45) is 0 Å². The van der Waals surface area contributed by atoms with Gasteiger partial charge in [-0.1, -0.05) is 26.7 Å². The Morgan fingerprint density at radius 2 is 1.89 bits per heavy atom. The highest BCUT2D eigenvalue weighted by atomic mass is 16.4. The first kappa shape index (κ1) is 17.4. The normalized spacial score (nSPS) is 13.2. The molecule has 0 aromatic rings. The van der Waals surface area contributed by atoms with Crippen molar-refractivity contribution >= 4 is 5.97 Å². The first-order chi connectivity index (χ1) is 8.52. The lowest BCUT2D eigenvalue weighted by atomic mass is 10.2. The molecule has 2 N–H and O–H groups in total. The van der Waals surface area contributed by atoms with Gasteiger partial charge in [0.05, 0.1) is 0 Å². The van der Waals surface area contributed by atoms with E-state index in [0.29, 0.717) is 12.6 Å². The zero-order valence-corrected chi connectivity index (χ0v) is 12.4. The third-order valence-electron chi connectivity index (χ3n) is 3.14. The van der Waals surface area contributed by atoms with Crippen LogP contribution < -0.4 is 5.32 Å². The van der Waals surface area contributed by atoms with E-state index >= 15 is 0 Å². The molecule has 18 heavy (non-hydrogen) atoms. The molecule has 0 aromatic carbocycles. The van der Waals surface area contributed by atoms with Gasteiger partial charge >= 0.3 is 5.97 Å². The van der Waals surface area contributed by atoms with Gasteiger partial charge in [-0.2, -0.15) is 0 Å². The van der Waals surface area contributed by atoms with Crippen molar-refractivity contribution in [1.29, 1.82) is 0 Å². The van der Waals surface area contributed by atoms with Crippen LogP contribution in [-0.2, 0) is 4.79 Å². The van der Waals surface area contributed by atoms with Gasteiger partial charge in [-0.3, -0.25) is 9.69 Å². The van der Waals surface area contributed by atoms with E-state index in [9.17, 15) is 9.90 Å². The summed E-state index contributed by atoms with van der Waals surface area (Å²) in [6, 6.07) is -0.0545. The minimum atomic E-state index is -0.746. The molecule has 0 fully saturated rings. The van der Waals surface area contributed by atoms with Crippen LogP contribution in [0.5, 0.6) is 0 Å². The maximum absolute atomic E-state index is 11.2. The van der Waals surface area contributed by atoms with Crippen molar-refractivity contribution in [1.82, 2.24) is 10.2 Å². The molecule has 1 unspecified atom stereocenters. The lowest BCUT2D eigenvalue weighted by Crippen LogP contribution is -2.48. The molecule has 0 heterocycles. The van der Waals surface area contributed by atoms with E-state index in [1.165, 1.54) is 12.8 Å². The topological polar surface area (TPSA) is 52.6 Å². The first-order valence-electron chi connectivity index (χ1n) is 7.23. The van der Waals surface area contributed by atoms with Crippen molar-refractivity contribution in [3.8, 4) is 0 Å². The largest absolute Gasteiger partial charge is 0.480 e. The molecule has 0 aromatic heterocycles. The highest BCUT2D eigenvalue weighted by Crippen LogP contribution is 2.05. The van der Waals surface area contributed by atoms with Crippen LogP contribution >= 0.6 is 0 Å². The van der Waals surface area contributed by atoms with Gasteiger partial charge in [0.15, 0.2) is 0 Å². The van der Waals surface area contributed by atoms with Gasteiger partial charge in [-0.25, -0.2) is 0 Å². The molecule has 1 atom stereocenters. The predicted molar refractivity (Wildman–Crippen MR) is 76.0 cm³/mol. The average Bonchev–Trinajstić information content (AvgIpc) is 2.31. The SMILES string of the molecule is CCCCCN(CC(NCCC)C(=O)O)C(C)C. The van der Waals surface area contributed by atoms with Crippen molar-refractivity contribution < 1.29 is 9.90 Å². The van der Waals surface area contributed by atoms with Crippen molar-refractivity contribution in [2.75, 3.05) is 19.6 Å². The number of nitrogens with zero attached hydrogens (tertiary/aromatic N) is 1. The van der Waals surface area contributed by atoms with Gasteiger partial charge < -0.3 is 10.4 Å². The number of carboxylic acids is 1. The highest BCUT2D eigenvalue weighted by molar-refractivity contribution is 5.73. The Hall–Kier alpha value is -0.610. The van der Waals surface area contributed by atoms with Crippen LogP contribution in [0.4, 0.5) is 0 Å². The number of aliphatic carboxylic acids is 1. The van der Waals surface area contributed by atoms with E-state index in [4.69, 9.17) is 0 Å². The standard InChI is InChI=1S/C14H30N2O2/c1-5-7-8-10-16(12(3)4)11-13(14(17)18)15-9-6-2/h12-13,15H,5-11H2,1-4H3,(H,17,18). The highest BCUT2D eigenvalue weighted by Gasteiger charge is 2.21. The number of carboxylic acid groups (broad SMARTS) is 1. The number of unbranched alkanes of at least 4 members (excludes halogenated alkanes) is 2. The second-order valence-corrected chi connectivity index (χ2v) is 5.14. The van der Waals surface area contributed by atoms with Crippen LogP contribution in [0.3, 0.4) is 0 Å². The maximum atomic E-state index is 11.2. The van der Waals surface area contributed by atoms with Gasteiger partial charge in [-0.05, 0) is 39.8 Å². The van der Waals surface area contributed by atoms with Crippen LogP contribution in [0.15, 0.2) is 0 Å². The Balaban J connectivity index is 4.27. The molecule has 0 radical (unpaired) electrons. The zero-order valence-electron chi connectivity index (χ0n) is 12.4. The number of carbonyl (C=O) groups is 1. The van der Waals surface area contributed by atoms with E-state index in [1.807, 2.05) is 6.92 Å². The lowest BCUT2D eigenvalue weighted by molar-refractivity contribution is -0.140. The monoisotopic (exact) mass is 258 g/mol. The molecular weight excluding hydrogens is 228 g/mol. The lowest BCUT2D eigenvalue weighted by Gasteiger charge is -2.29. The second kappa shape index (κ2) is 10.3. The fraction of sp³-hybridized carbons (Fsp3) is 0.929. The summed E-state index contributed by atoms with van der Waals surface area (Å²) in [5.41, 5.74) is 0. The fourth-order valence-electron chi connectivity index (χ4n) is 1.91. The summed E-state index contributed by atoms with van der Waals surface area (Å²) >= 11 is 0. The zero-order chi connectivity index (χ0) is 14.0. The Kier molecular flexibility index (Phi) is 9.98. The summed E-state index contributed by atoms with van der Waals surface area (Å²) in [4.78, 5) is 13.5.